The molecular formula is C25H33N7O4. The molecule has 1 amide bonds. The Morgan fingerprint density at radius 3 is 2.83 bits per heavy atom. The number of methoxy groups -OCH3 is 1. The highest BCUT2D eigenvalue weighted by Crippen LogP contribution is 2.44. The Hall–Kier alpha value is -3.44. The second kappa shape index (κ2) is 9.90. The van der Waals surface area contributed by atoms with Gasteiger partial charge in [-0.05, 0) is 37.8 Å². The maximum atomic E-state index is 13.4. The van der Waals surface area contributed by atoms with Gasteiger partial charge in [-0.1, -0.05) is 12.8 Å². The zero-order chi connectivity index (χ0) is 25.3. The lowest BCUT2D eigenvalue weighted by molar-refractivity contribution is 0.0278. The monoisotopic (exact) mass is 495 g/mol. The molecule has 2 fully saturated rings. The van der Waals surface area contributed by atoms with Gasteiger partial charge >= 0.3 is 0 Å². The van der Waals surface area contributed by atoms with Gasteiger partial charge in [-0.2, -0.15) is 9.61 Å². The van der Waals surface area contributed by atoms with Crippen LogP contribution in [0.5, 0.6) is 0 Å². The van der Waals surface area contributed by atoms with Crippen LogP contribution in [0, 0.1) is 5.41 Å². The molecule has 3 aromatic rings. The van der Waals surface area contributed by atoms with E-state index in [1.54, 1.807) is 35.4 Å². The Kier molecular flexibility index (Phi) is 6.67. The molecule has 2 aliphatic rings. The summed E-state index contributed by atoms with van der Waals surface area (Å²) < 4.78 is 8.97. The molecule has 0 saturated heterocycles. The van der Waals surface area contributed by atoms with Crippen LogP contribution in [-0.2, 0) is 4.74 Å². The van der Waals surface area contributed by atoms with Crippen molar-refractivity contribution in [3.8, 4) is 0 Å². The number of nitrogens with one attached hydrogen (secondary N) is 3. The molecule has 11 nitrogen and oxygen atoms in total. The van der Waals surface area contributed by atoms with Crippen molar-refractivity contribution >= 4 is 28.9 Å². The molecule has 0 radical (unpaired) electrons. The van der Waals surface area contributed by atoms with E-state index in [1.807, 2.05) is 12.3 Å². The number of aliphatic hydroxyl groups excluding tert-OH is 1. The summed E-state index contributed by atoms with van der Waals surface area (Å²) in [6.45, 7) is 0.461. The number of rotatable bonds is 9. The molecule has 0 spiro atoms. The molecule has 5 rings (SSSR count). The second-order valence-corrected chi connectivity index (χ2v) is 9.80. The number of ether oxygens (including phenoxy) is 1. The first-order valence-electron chi connectivity index (χ1n) is 12.5. The summed E-state index contributed by atoms with van der Waals surface area (Å²) in [5, 5.41) is 23.0. The van der Waals surface area contributed by atoms with Crippen LogP contribution in [0.4, 0.5) is 17.3 Å². The fraction of sp³-hybridized carbons (Fsp3) is 0.520. The molecule has 2 saturated carbocycles. The van der Waals surface area contributed by atoms with E-state index in [2.05, 4.69) is 26.0 Å². The van der Waals surface area contributed by atoms with Crippen molar-refractivity contribution in [2.45, 2.75) is 50.7 Å². The summed E-state index contributed by atoms with van der Waals surface area (Å²) >= 11 is 0. The number of carbonyl (C=O) groups excluding carboxylic acids is 1. The highest BCUT2D eigenvalue weighted by Gasteiger charge is 2.42. The lowest BCUT2D eigenvalue weighted by Crippen LogP contribution is -2.36. The van der Waals surface area contributed by atoms with E-state index in [1.165, 1.54) is 6.20 Å². The third-order valence-electron chi connectivity index (χ3n) is 7.45. The number of amides is 1. The molecule has 3 heterocycles. The smallest absolute Gasteiger partial charge is 0.274 e. The fourth-order valence-corrected chi connectivity index (χ4v) is 4.97. The van der Waals surface area contributed by atoms with Crippen LogP contribution < -0.4 is 21.5 Å². The van der Waals surface area contributed by atoms with Gasteiger partial charge in [-0.15, -0.1) is 0 Å². The summed E-state index contributed by atoms with van der Waals surface area (Å²) in [5.74, 6) is 0.720. The minimum Gasteiger partial charge on any atom is -0.396 e. The van der Waals surface area contributed by atoms with Gasteiger partial charge in [0.05, 0.1) is 24.9 Å². The molecule has 0 bridgehead atoms. The lowest BCUT2D eigenvalue weighted by Gasteiger charge is -2.32. The summed E-state index contributed by atoms with van der Waals surface area (Å²) in [7, 11) is 3.45. The number of fused-ring (bicyclic) bond motifs is 1. The molecule has 4 N–H and O–H groups in total. The number of carbonyl (C=O) groups is 1. The molecule has 2 aliphatic carbocycles. The third kappa shape index (κ3) is 4.56. The number of hydrogen-bond donors (Lipinski definition) is 4. The average molecular weight is 496 g/mol. The first-order chi connectivity index (χ1) is 17.5. The van der Waals surface area contributed by atoms with Crippen LogP contribution in [0.1, 0.15) is 54.9 Å². The summed E-state index contributed by atoms with van der Waals surface area (Å²) in [4.78, 5) is 30.9. The van der Waals surface area contributed by atoms with E-state index >= 15 is 0 Å². The van der Waals surface area contributed by atoms with Crippen LogP contribution in [-0.4, -0.2) is 63.6 Å². The quantitative estimate of drug-likeness (QED) is 0.355. The first kappa shape index (κ1) is 24.3. The van der Waals surface area contributed by atoms with Gasteiger partial charge in [-0.25, -0.2) is 4.98 Å². The van der Waals surface area contributed by atoms with E-state index in [0.29, 0.717) is 35.1 Å². The van der Waals surface area contributed by atoms with E-state index in [-0.39, 0.29) is 35.6 Å². The van der Waals surface area contributed by atoms with Crippen molar-refractivity contribution in [1.82, 2.24) is 24.5 Å². The summed E-state index contributed by atoms with van der Waals surface area (Å²) in [6.07, 6.45) is 9.07. The van der Waals surface area contributed by atoms with E-state index in [0.717, 1.165) is 38.5 Å². The maximum absolute atomic E-state index is 13.4. The summed E-state index contributed by atoms with van der Waals surface area (Å²) in [5.41, 5.74) is 0.714. The number of aliphatic hydroxyl groups is 1. The largest absolute Gasteiger partial charge is 0.396 e. The second-order valence-electron chi connectivity index (χ2n) is 9.80. The number of aromatic nitrogens is 4. The Morgan fingerprint density at radius 1 is 1.31 bits per heavy atom. The van der Waals surface area contributed by atoms with Crippen molar-refractivity contribution in [1.29, 1.82) is 0 Å². The van der Waals surface area contributed by atoms with E-state index in [4.69, 9.17) is 4.74 Å². The zero-order valence-corrected chi connectivity index (χ0v) is 20.7. The molecule has 0 aromatic carbocycles. The van der Waals surface area contributed by atoms with Crippen LogP contribution in [0.25, 0.3) is 5.65 Å². The predicted octanol–water partition coefficient (Wildman–Crippen LogP) is 2.31. The molecule has 192 valence electrons. The van der Waals surface area contributed by atoms with Crippen LogP contribution in [0.15, 0.2) is 35.4 Å². The van der Waals surface area contributed by atoms with E-state index in [9.17, 15) is 14.7 Å². The van der Waals surface area contributed by atoms with Gasteiger partial charge in [0.25, 0.3) is 11.5 Å². The topological polar surface area (TPSA) is 135 Å². The lowest BCUT2D eigenvalue weighted by atomic mass is 9.92. The SMILES string of the molecule is CNc1cc(Nc2cccn([C@@H]3CCCC[C@@H]3OC)c2=O)nc2c(C(=O)NCC3(CO)CC3)cnn12. The fourth-order valence-electron chi connectivity index (χ4n) is 4.97. The number of nitrogens with zero attached hydrogens (tertiary/aromatic N) is 4. The van der Waals surface area contributed by atoms with Crippen LogP contribution in [0.2, 0.25) is 0 Å². The predicted molar refractivity (Wildman–Crippen MR) is 136 cm³/mol. The maximum Gasteiger partial charge on any atom is 0.274 e. The van der Waals surface area contributed by atoms with Gasteiger partial charge in [0.2, 0.25) is 0 Å². The van der Waals surface area contributed by atoms with Crippen LogP contribution >= 0.6 is 0 Å². The van der Waals surface area contributed by atoms with Crippen LogP contribution in [0.3, 0.4) is 0 Å². The minimum absolute atomic E-state index is 0.00513. The standard InChI is InChI=1S/C25H33N7O4/c1-26-21-12-20(29-17-6-5-11-31(24(17)35)18-7-3-4-8-19(18)36-2)30-22-16(13-28-32(21)22)23(34)27-14-25(15-33)9-10-25/h5-6,11-13,18-19,26,33H,3-4,7-10,14-15H2,1-2H3,(H,27,34)(H,29,30)/t18-,19+/m1/s1. The van der Waals surface area contributed by atoms with Crippen molar-refractivity contribution in [3.05, 3.63) is 46.5 Å². The number of pyridine rings is 1. The molecule has 0 unspecified atom stereocenters. The Balaban J connectivity index is 1.44. The zero-order valence-electron chi connectivity index (χ0n) is 20.7. The molecular weight excluding hydrogens is 462 g/mol. The van der Waals surface area contributed by atoms with Gasteiger partial charge in [0.15, 0.2) is 5.65 Å². The van der Waals surface area contributed by atoms with Gasteiger partial charge in [-0.3, -0.25) is 9.59 Å². The molecule has 3 aromatic heterocycles. The number of anilines is 3. The molecule has 11 heteroatoms. The van der Waals surface area contributed by atoms with Crippen molar-refractivity contribution in [2.75, 3.05) is 37.9 Å². The van der Waals surface area contributed by atoms with Gasteiger partial charge in [0.1, 0.15) is 22.9 Å². The summed E-state index contributed by atoms with van der Waals surface area (Å²) in [6, 6.07) is 5.29. The molecule has 0 aliphatic heterocycles. The Morgan fingerprint density at radius 2 is 2.11 bits per heavy atom. The van der Waals surface area contributed by atoms with Crippen molar-refractivity contribution < 1.29 is 14.6 Å². The van der Waals surface area contributed by atoms with Gasteiger partial charge < -0.3 is 30.4 Å². The van der Waals surface area contributed by atoms with Gasteiger partial charge in [0, 0.05) is 38.4 Å². The highest BCUT2D eigenvalue weighted by atomic mass is 16.5. The Bertz CT molecular complexity index is 1310. The normalized spacial score (nSPS) is 20.8. The highest BCUT2D eigenvalue weighted by molar-refractivity contribution is 6.00. The molecule has 36 heavy (non-hydrogen) atoms. The average Bonchev–Trinajstić information content (AvgIpc) is 3.57. The third-order valence-corrected chi connectivity index (χ3v) is 7.45. The van der Waals surface area contributed by atoms with Crippen molar-refractivity contribution in [3.63, 3.8) is 0 Å². The number of hydrogen-bond acceptors (Lipinski definition) is 8. The Labute approximate surface area is 208 Å². The molecule has 2 atom stereocenters. The van der Waals surface area contributed by atoms with E-state index < -0.39 is 0 Å². The minimum atomic E-state index is -0.304. The van der Waals surface area contributed by atoms with Crippen molar-refractivity contribution in [2.24, 2.45) is 5.41 Å². The first-order valence-corrected chi connectivity index (χ1v) is 12.5.